The highest BCUT2D eigenvalue weighted by molar-refractivity contribution is 7.89. The molecular weight excluding hydrogens is 544 g/mol. The van der Waals surface area contributed by atoms with E-state index in [-0.39, 0.29) is 37.1 Å². The average Bonchev–Trinajstić information content (AvgIpc) is 3.60. The largest absolute Gasteiger partial charge is 0.497 e. The van der Waals surface area contributed by atoms with Crippen LogP contribution in [0, 0.1) is 5.92 Å². The summed E-state index contributed by atoms with van der Waals surface area (Å²) in [5, 5.41) is 0. The number of hydrogen-bond acceptors (Lipinski definition) is 8. The van der Waals surface area contributed by atoms with Gasteiger partial charge in [-0.05, 0) is 55.2 Å². The number of carbonyl (C=O) groups excluding carboxylic acids is 1. The van der Waals surface area contributed by atoms with Crippen LogP contribution in [0.5, 0.6) is 17.2 Å². The predicted molar refractivity (Wildman–Crippen MR) is 158 cm³/mol. The van der Waals surface area contributed by atoms with Crippen molar-refractivity contribution in [3.63, 3.8) is 0 Å². The van der Waals surface area contributed by atoms with E-state index in [0.29, 0.717) is 44.1 Å². The summed E-state index contributed by atoms with van der Waals surface area (Å²) >= 11 is 0. The van der Waals surface area contributed by atoms with Gasteiger partial charge in [-0.3, -0.25) is 9.69 Å². The second-order valence-corrected chi connectivity index (χ2v) is 12.7. The van der Waals surface area contributed by atoms with Gasteiger partial charge in [0.2, 0.25) is 16.8 Å². The van der Waals surface area contributed by atoms with E-state index in [0.717, 1.165) is 36.1 Å². The Kier molecular flexibility index (Phi) is 10.9. The van der Waals surface area contributed by atoms with Gasteiger partial charge in [-0.15, -0.1) is 0 Å². The van der Waals surface area contributed by atoms with Crippen LogP contribution in [0.3, 0.4) is 0 Å². The van der Waals surface area contributed by atoms with Crippen LogP contribution in [0.25, 0.3) is 0 Å². The molecule has 0 spiro atoms. The van der Waals surface area contributed by atoms with Crippen molar-refractivity contribution in [3.8, 4) is 17.2 Å². The van der Waals surface area contributed by atoms with Crippen molar-refractivity contribution in [2.75, 3.05) is 52.4 Å². The first kappa shape index (κ1) is 31.1. The highest BCUT2D eigenvalue weighted by atomic mass is 32.2. The van der Waals surface area contributed by atoms with Gasteiger partial charge in [-0.2, -0.15) is 0 Å². The second kappa shape index (κ2) is 14.4. The highest BCUT2D eigenvalue weighted by Gasteiger charge is 2.48. The third-order valence-corrected chi connectivity index (χ3v) is 9.90. The number of benzene rings is 2. The number of unbranched alkanes of at least 4 members (excludes halogenated alkanes) is 2. The maximum absolute atomic E-state index is 13.6. The molecule has 3 atom stereocenters. The molecule has 1 saturated heterocycles. The number of hydrogen-bond donors (Lipinski definition) is 0. The third-order valence-electron chi connectivity index (χ3n) is 7.95. The van der Waals surface area contributed by atoms with Gasteiger partial charge in [0.25, 0.3) is 0 Å². The lowest BCUT2D eigenvalue weighted by Gasteiger charge is -2.30. The zero-order valence-electron chi connectivity index (χ0n) is 24.7. The van der Waals surface area contributed by atoms with E-state index in [1.165, 1.54) is 0 Å². The van der Waals surface area contributed by atoms with Crippen molar-refractivity contribution in [3.05, 3.63) is 53.6 Å². The molecule has 2 aromatic carbocycles. The van der Waals surface area contributed by atoms with Gasteiger partial charge in [0, 0.05) is 38.1 Å². The Balaban J connectivity index is 1.68. The Hall–Kier alpha value is -2.82. The summed E-state index contributed by atoms with van der Waals surface area (Å²) in [6.07, 6.45) is 3.26. The van der Waals surface area contributed by atoms with Crippen molar-refractivity contribution >= 4 is 16.0 Å². The van der Waals surface area contributed by atoms with E-state index in [1.54, 1.807) is 11.4 Å². The monoisotopic (exact) mass is 588 g/mol. The average molecular weight is 589 g/mol. The van der Waals surface area contributed by atoms with Gasteiger partial charge in [-0.25, -0.2) is 12.7 Å². The molecule has 0 amide bonds. The van der Waals surface area contributed by atoms with Crippen molar-refractivity contribution < 1.29 is 32.2 Å². The standard InChI is InChI=1S/C31H44N2O7S/c1-5-8-9-19-41(35,36)33(16-6-2)18-17-32-21-26(24-12-15-27-28(20-24)40-22-39-27)29(31(34)38-7-3)30(32)23-10-13-25(37-4)14-11-23/h10-15,20,26,29-30H,5-9,16-19,21-22H2,1-4H3/t26-,29-,30+/m1/s1. The zero-order valence-corrected chi connectivity index (χ0v) is 25.5. The summed E-state index contributed by atoms with van der Waals surface area (Å²) < 4.78 is 50.4. The Labute approximate surface area is 244 Å². The molecule has 226 valence electrons. The Morgan fingerprint density at radius 2 is 1.71 bits per heavy atom. The molecule has 2 aliphatic rings. The number of likely N-dealkylation sites (tertiary alicyclic amines) is 1. The summed E-state index contributed by atoms with van der Waals surface area (Å²) in [6.45, 7) is 8.21. The highest BCUT2D eigenvalue weighted by Crippen LogP contribution is 2.48. The topological polar surface area (TPSA) is 94.6 Å². The molecule has 2 aliphatic heterocycles. The van der Waals surface area contributed by atoms with E-state index in [1.807, 2.05) is 56.3 Å². The van der Waals surface area contributed by atoms with Gasteiger partial charge < -0.3 is 18.9 Å². The fraction of sp³-hybridized carbons (Fsp3) is 0.581. The van der Waals surface area contributed by atoms with E-state index in [2.05, 4.69) is 11.8 Å². The molecule has 0 saturated carbocycles. The summed E-state index contributed by atoms with van der Waals surface area (Å²) in [5.41, 5.74) is 1.92. The van der Waals surface area contributed by atoms with Crippen molar-refractivity contribution in [2.24, 2.45) is 5.92 Å². The normalized spacial score (nSPS) is 20.5. The van der Waals surface area contributed by atoms with Crippen molar-refractivity contribution in [2.45, 2.75) is 58.4 Å². The van der Waals surface area contributed by atoms with Crippen LogP contribution in [0.1, 0.15) is 69.5 Å². The lowest BCUT2D eigenvalue weighted by molar-refractivity contribution is -0.149. The number of methoxy groups -OCH3 is 1. The van der Waals surface area contributed by atoms with Crippen LogP contribution in [-0.2, 0) is 19.6 Å². The molecule has 0 aliphatic carbocycles. The van der Waals surface area contributed by atoms with Gasteiger partial charge in [0.1, 0.15) is 5.75 Å². The van der Waals surface area contributed by atoms with Crippen LogP contribution in [0.2, 0.25) is 0 Å². The summed E-state index contributed by atoms with van der Waals surface area (Å²) in [4.78, 5) is 15.9. The Morgan fingerprint density at radius 3 is 2.39 bits per heavy atom. The predicted octanol–water partition coefficient (Wildman–Crippen LogP) is 4.98. The first-order valence-electron chi connectivity index (χ1n) is 14.7. The fourth-order valence-corrected chi connectivity index (χ4v) is 7.56. The molecule has 4 rings (SSSR count). The number of ether oxygens (including phenoxy) is 4. The number of nitrogens with zero attached hydrogens (tertiary/aromatic N) is 2. The molecule has 9 nitrogen and oxygen atoms in total. The Morgan fingerprint density at radius 1 is 0.976 bits per heavy atom. The SMILES string of the molecule is CCCCCS(=O)(=O)N(CCC)CCN1C[C@H](c2ccc3c(c2)OCO3)[C@@H](C(=O)OCC)[C@@H]1c1ccc(OC)cc1. The van der Waals surface area contributed by atoms with Crippen LogP contribution in [0.15, 0.2) is 42.5 Å². The van der Waals surface area contributed by atoms with Crippen molar-refractivity contribution in [1.82, 2.24) is 9.21 Å². The maximum atomic E-state index is 13.6. The maximum Gasteiger partial charge on any atom is 0.311 e. The number of rotatable bonds is 15. The molecule has 0 aromatic heterocycles. The van der Waals surface area contributed by atoms with Gasteiger partial charge in [-0.1, -0.05) is 44.9 Å². The molecule has 0 N–H and O–H groups in total. The number of sulfonamides is 1. The number of esters is 1. The van der Waals surface area contributed by atoms with Crippen LogP contribution in [0.4, 0.5) is 0 Å². The first-order chi connectivity index (χ1) is 19.8. The Bertz CT molecular complexity index is 1250. The van der Waals surface area contributed by atoms with Gasteiger partial charge in [0.15, 0.2) is 11.5 Å². The minimum Gasteiger partial charge on any atom is -0.497 e. The lowest BCUT2D eigenvalue weighted by atomic mass is 9.82. The molecule has 2 heterocycles. The smallest absolute Gasteiger partial charge is 0.311 e. The summed E-state index contributed by atoms with van der Waals surface area (Å²) in [7, 11) is -1.76. The molecule has 1 fully saturated rings. The molecule has 0 radical (unpaired) electrons. The minimum absolute atomic E-state index is 0.161. The molecule has 0 unspecified atom stereocenters. The van der Waals surface area contributed by atoms with E-state index in [9.17, 15) is 13.2 Å². The van der Waals surface area contributed by atoms with E-state index < -0.39 is 15.9 Å². The fourth-order valence-electron chi connectivity index (χ4n) is 5.91. The van der Waals surface area contributed by atoms with E-state index >= 15 is 0 Å². The summed E-state index contributed by atoms with van der Waals surface area (Å²) in [5.74, 6) is 1.29. The van der Waals surface area contributed by atoms with E-state index in [4.69, 9.17) is 18.9 Å². The van der Waals surface area contributed by atoms with Crippen molar-refractivity contribution in [1.29, 1.82) is 0 Å². The molecule has 2 aromatic rings. The van der Waals surface area contributed by atoms with Gasteiger partial charge >= 0.3 is 5.97 Å². The molecule has 41 heavy (non-hydrogen) atoms. The molecule has 10 heteroatoms. The number of fused-ring (bicyclic) bond motifs is 1. The zero-order chi connectivity index (χ0) is 29.4. The molecular formula is C31H44N2O7S. The minimum atomic E-state index is -3.38. The molecule has 0 bridgehead atoms. The van der Waals surface area contributed by atoms with Crippen LogP contribution >= 0.6 is 0 Å². The van der Waals surface area contributed by atoms with Crippen LogP contribution < -0.4 is 14.2 Å². The third kappa shape index (κ3) is 7.34. The second-order valence-electron chi connectivity index (χ2n) is 10.6. The first-order valence-corrected chi connectivity index (χ1v) is 16.4. The summed E-state index contributed by atoms with van der Waals surface area (Å²) in [6, 6.07) is 13.3. The lowest BCUT2D eigenvalue weighted by Crippen LogP contribution is -2.40. The van der Waals surface area contributed by atoms with Gasteiger partial charge in [0.05, 0.1) is 25.4 Å². The van der Waals surface area contributed by atoms with Crippen LogP contribution in [-0.4, -0.2) is 76.0 Å². The number of carbonyl (C=O) groups is 1. The quantitative estimate of drug-likeness (QED) is 0.213.